The molecule has 1 aromatic carbocycles. The van der Waals surface area contributed by atoms with Crippen LogP contribution in [0.25, 0.3) is 0 Å². The minimum absolute atomic E-state index is 0.0968. The van der Waals surface area contributed by atoms with E-state index in [1.54, 1.807) is 6.20 Å². The first-order valence-electron chi connectivity index (χ1n) is 7.79. The third-order valence-electron chi connectivity index (χ3n) is 3.63. The molecule has 0 aliphatic heterocycles. The first-order chi connectivity index (χ1) is 11.6. The molecule has 3 rings (SSSR count). The summed E-state index contributed by atoms with van der Waals surface area (Å²) >= 11 is 1.33. The van der Waals surface area contributed by atoms with E-state index in [0.717, 1.165) is 16.1 Å². The van der Waals surface area contributed by atoms with Gasteiger partial charge in [-0.15, -0.1) is 5.10 Å². The molecular weight excluding hydrogens is 322 g/mol. The Hall–Kier alpha value is -2.54. The topological polar surface area (TPSA) is 72.7 Å². The fourth-order valence-corrected chi connectivity index (χ4v) is 3.17. The highest BCUT2D eigenvalue weighted by Gasteiger charge is 2.13. The van der Waals surface area contributed by atoms with E-state index >= 15 is 0 Å². The number of hydrogen-bond donors (Lipinski definition) is 1. The SMILES string of the molecule is CC(C)c1nnsc1CNC(=O)c1cccc(Cn2cccn2)c1. The molecule has 0 fully saturated rings. The Morgan fingerprint density at radius 1 is 1.33 bits per heavy atom. The lowest BCUT2D eigenvalue weighted by Crippen LogP contribution is -2.23. The van der Waals surface area contributed by atoms with Crippen molar-refractivity contribution in [1.82, 2.24) is 24.7 Å². The minimum Gasteiger partial charge on any atom is -0.347 e. The van der Waals surface area contributed by atoms with E-state index in [1.807, 2.05) is 41.2 Å². The second-order valence-corrected chi connectivity index (χ2v) is 6.66. The number of aromatic nitrogens is 4. The molecule has 2 heterocycles. The van der Waals surface area contributed by atoms with Crippen molar-refractivity contribution in [3.05, 3.63) is 64.4 Å². The van der Waals surface area contributed by atoms with Crippen LogP contribution < -0.4 is 5.32 Å². The lowest BCUT2D eigenvalue weighted by Gasteiger charge is -2.08. The summed E-state index contributed by atoms with van der Waals surface area (Å²) in [6.45, 7) is 5.24. The zero-order valence-electron chi connectivity index (χ0n) is 13.6. The molecular formula is C17H19N5OS. The van der Waals surface area contributed by atoms with Gasteiger partial charge in [0.05, 0.1) is 23.7 Å². The van der Waals surface area contributed by atoms with Crippen LogP contribution in [0.1, 0.15) is 46.3 Å². The van der Waals surface area contributed by atoms with Gasteiger partial charge < -0.3 is 5.32 Å². The fraction of sp³-hybridized carbons (Fsp3) is 0.294. The van der Waals surface area contributed by atoms with Gasteiger partial charge in [0.15, 0.2) is 0 Å². The van der Waals surface area contributed by atoms with Crippen molar-refractivity contribution in [2.75, 3.05) is 0 Å². The molecule has 24 heavy (non-hydrogen) atoms. The zero-order chi connectivity index (χ0) is 16.9. The van der Waals surface area contributed by atoms with Crippen LogP contribution in [0.4, 0.5) is 0 Å². The molecule has 0 aliphatic carbocycles. The molecule has 3 aromatic rings. The quantitative estimate of drug-likeness (QED) is 0.748. The molecule has 7 heteroatoms. The molecule has 0 saturated carbocycles. The first-order valence-corrected chi connectivity index (χ1v) is 8.56. The van der Waals surface area contributed by atoms with Crippen LogP contribution >= 0.6 is 11.5 Å². The number of nitrogens with one attached hydrogen (secondary N) is 1. The predicted molar refractivity (Wildman–Crippen MR) is 92.9 cm³/mol. The normalized spacial score (nSPS) is 11.0. The fourth-order valence-electron chi connectivity index (χ4n) is 2.43. The summed E-state index contributed by atoms with van der Waals surface area (Å²) in [4.78, 5) is 13.4. The Morgan fingerprint density at radius 2 is 2.21 bits per heavy atom. The average Bonchev–Trinajstić information content (AvgIpc) is 3.24. The van der Waals surface area contributed by atoms with E-state index in [0.29, 0.717) is 24.6 Å². The van der Waals surface area contributed by atoms with Gasteiger partial charge in [0.2, 0.25) is 0 Å². The van der Waals surface area contributed by atoms with E-state index in [-0.39, 0.29) is 5.91 Å². The molecule has 0 unspecified atom stereocenters. The molecule has 2 aromatic heterocycles. The Bertz CT molecular complexity index is 810. The Morgan fingerprint density at radius 3 is 2.96 bits per heavy atom. The lowest BCUT2D eigenvalue weighted by molar-refractivity contribution is 0.0951. The highest BCUT2D eigenvalue weighted by atomic mass is 32.1. The number of nitrogens with zero attached hydrogens (tertiary/aromatic N) is 4. The van der Waals surface area contributed by atoms with Gasteiger partial charge in [0.25, 0.3) is 5.91 Å². The third kappa shape index (κ3) is 3.86. The first kappa shape index (κ1) is 16.3. The van der Waals surface area contributed by atoms with Crippen LogP contribution in [-0.4, -0.2) is 25.3 Å². The molecule has 0 radical (unpaired) electrons. The molecule has 0 aliphatic rings. The van der Waals surface area contributed by atoms with E-state index < -0.39 is 0 Å². The summed E-state index contributed by atoms with van der Waals surface area (Å²) in [5.41, 5.74) is 2.63. The van der Waals surface area contributed by atoms with Crippen molar-refractivity contribution < 1.29 is 4.79 Å². The maximum atomic E-state index is 12.4. The number of benzene rings is 1. The third-order valence-corrected chi connectivity index (χ3v) is 4.37. The maximum absolute atomic E-state index is 12.4. The van der Waals surface area contributed by atoms with Gasteiger partial charge in [-0.25, -0.2) is 0 Å². The van der Waals surface area contributed by atoms with Gasteiger partial charge in [-0.1, -0.05) is 30.5 Å². The second kappa shape index (κ2) is 7.35. The van der Waals surface area contributed by atoms with E-state index in [2.05, 4.69) is 33.8 Å². The Kier molecular flexibility index (Phi) is 5.00. The molecule has 1 amide bonds. The molecule has 1 N–H and O–H groups in total. The molecule has 124 valence electrons. The van der Waals surface area contributed by atoms with E-state index in [4.69, 9.17) is 0 Å². The van der Waals surface area contributed by atoms with Crippen molar-refractivity contribution in [3.8, 4) is 0 Å². The summed E-state index contributed by atoms with van der Waals surface area (Å²) < 4.78 is 5.81. The van der Waals surface area contributed by atoms with Crippen LogP contribution in [0.3, 0.4) is 0 Å². The molecule has 0 saturated heterocycles. The Balaban J connectivity index is 1.65. The van der Waals surface area contributed by atoms with Crippen LogP contribution in [0, 0.1) is 0 Å². The second-order valence-electron chi connectivity index (χ2n) is 5.82. The van der Waals surface area contributed by atoms with Crippen LogP contribution in [-0.2, 0) is 13.1 Å². The Labute approximate surface area is 144 Å². The molecule has 0 spiro atoms. The van der Waals surface area contributed by atoms with Crippen LogP contribution in [0.2, 0.25) is 0 Å². The van der Waals surface area contributed by atoms with Gasteiger partial charge in [-0.05, 0) is 41.2 Å². The summed E-state index contributed by atoms with van der Waals surface area (Å²) in [5.74, 6) is 0.202. The van der Waals surface area contributed by atoms with Gasteiger partial charge >= 0.3 is 0 Å². The lowest BCUT2D eigenvalue weighted by atomic mass is 10.1. The number of carbonyl (C=O) groups excluding carboxylic acids is 1. The van der Waals surface area contributed by atoms with Gasteiger partial charge in [-0.3, -0.25) is 9.48 Å². The van der Waals surface area contributed by atoms with Crippen LogP contribution in [0.5, 0.6) is 0 Å². The van der Waals surface area contributed by atoms with Gasteiger partial charge in [-0.2, -0.15) is 5.10 Å². The highest BCUT2D eigenvalue weighted by molar-refractivity contribution is 7.05. The van der Waals surface area contributed by atoms with E-state index in [9.17, 15) is 4.79 Å². The monoisotopic (exact) mass is 341 g/mol. The zero-order valence-corrected chi connectivity index (χ0v) is 14.5. The predicted octanol–water partition coefficient (Wildman–Crippen LogP) is 2.84. The van der Waals surface area contributed by atoms with Crippen molar-refractivity contribution in [3.63, 3.8) is 0 Å². The van der Waals surface area contributed by atoms with Crippen molar-refractivity contribution in [2.24, 2.45) is 0 Å². The summed E-state index contributed by atoms with van der Waals surface area (Å²) in [6.07, 6.45) is 3.64. The largest absolute Gasteiger partial charge is 0.347 e. The summed E-state index contributed by atoms with van der Waals surface area (Å²) in [6, 6.07) is 9.47. The summed E-state index contributed by atoms with van der Waals surface area (Å²) in [5, 5.41) is 11.3. The number of rotatable bonds is 6. The standard InChI is InChI=1S/C17H19N5OS/c1-12(2)16-15(24-21-20-16)10-18-17(23)14-6-3-5-13(9-14)11-22-8-4-7-19-22/h3-9,12H,10-11H2,1-2H3,(H,18,23). The summed E-state index contributed by atoms with van der Waals surface area (Å²) in [7, 11) is 0. The smallest absolute Gasteiger partial charge is 0.251 e. The number of hydrogen-bond acceptors (Lipinski definition) is 5. The molecule has 6 nitrogen and oxygen atoms in total. The van der Waals surface area contributed by atoms with Crippen molar-refractivity contribution in [2.45, 2.75) is 32.9 Å². The number of carbonyl (C=O) groups is 1. The van der Waals surface area contributed by atoms with Gasteiger partial charge in [0.1, 0.15) is 0 Å². The maximum Gasteiger partial charge on any atom is 0.251 e. The van der Waals surface area contributed by atoms with Crippen LogP contribution in [0.15, 0.2) is 42.7 Å². The van der Waals surface area contributed by atoms with Crippen molar-refractivity contribution in [1.29, 1.82) is 0 Å². The van der Waals surface area contributed by atoms with E-state index in [1.165, 1.54) is 11.5 Å². The average molecular weight is 341 g/mol. The molecule has 0 atom stereocenters. The minimum atomic E-state index is -0.0968. The molecule has 0 bridgehead atoms. The van der Waals surface area contributed by atoms with Gasteiger partial charge in [0, 0.05) is 18.0 Å². The highest BCUT2D eigenvalue weighted by Crippen LogP contribution is 2.19. The van der Waals surface area contributed by atoms with Crippen molar-refractivity contribution >= 4 is 17.4 Å². The number of amides is 1.